The van der Waals surface area contributed by atoms with Crippen LogP contribution in [0.25, 0.3) is 21.7 Å². The molecule has 7 rings (SSSR count). The second-order valence-corrected chi connectivity index (χ2v) is 12.3. The number of ketones is 2. The number of hydrogen-bond donors (Lipinski definition) is 1. The highest BCUT2D eigenvalue weighted by Gasteiger charge is 2.48. The van der Waals surface area contributed by atoms with Crippen molar-refractivity contribution in [2.75, 3.05) is 35.5 Å². The Morgan fingerprint density at radius 2 is 1.44 bits per heavy atom. The normalized spacial score (nSPS) is 24.4. The monoisotopic (exact) mass is 690 g/mol. The summed E-state index contributed by atoms with van der Waals surface area (Å²) in [5, 5.41) is 11.7. The molecule has 3 aliphatic rings. The van der Waals surface area contributed by atoms with E-state index in [1.54, 1.807) is 13.8 Å². The molecule has 2 aliphatic heterocycles. The molecule has 1 saturated heterocycles. The second-order valence-electron chi connectivity index (χ2n) is 12.3. The van der Waals surface area contributed by atoms with E-state index in [0.717, 1.165) is 0 Å². The summed E-state index contributed by atoms with van der Waals surface area (Å²) in [6.07, 6.45) is -4.08. The van der Waals surface area contributed by atoms with Crippen LogP contribution < -0.4 is 19.6 Å². The van der Waals surface area contributed by atoms with E-state index < -0.39 is 76.8 Å². The zero-order valence-electron chi connectivity index (χ0n) is 28.2. The Bertz CT molecular complexity index is 2170. The van der Waals surface area contributed by atoms with Crippen molar-refractivity contribution in [3.63, 3.8) is 0 Å². The van der Waals surface area contributed by atoms with Crippen molar-refractivity contribution < 1.29 is 61.8 Å². The topological polar surface area (TPSA) is 175 Å². The number of benzene rings is 3. The van der Waals surface area contributed by atoms with Gasteiger partial charge in [-0.15, -0.1) is 0 Å². The molecule has 0 bridgehead atoms. The van der Waals surface area contributed by atoms with Crippen LogP contribution in [0, 0.1) is 0 Å². The number of carbonyl (C=O) groups is 3. The lowest BCUT2D eigenvalue weighted by Gasteiger charge is -2.44. The third kappa shape index (κ3) is 4.70. The fraction of sp³-hybridized carbons (Fsp3) is 0.389. The van der Waals surface area contributed by atoms with Crippen molar-refractivity contribution in [1.82, 2.24) is 0 Å². The Labute approximate surface area is 284 Å². The number of methoxy groups -OCH3 is 5. The quantitative estimate of drug-likeness (QED) is 0.245. The summed E-state index contributed by atoms with van der Waals surface area (Å²) in [4.78, 5) is 56.1. The molecule has 262 valence electrons. The van der Waals surface area contributed by atoms with E-state index >= 15 is 0 Å². The summed E-state index contributed by atoms with van der Waals surface area (Å²) < 4.78 is 52.1. The number of hydrogen-bond acceptors (Lipinski definition) is 14. The number of cyclic esters (lactones) is 1. The molecular formula is C36H34O14. The van der Waals surface area contributed by atoms with Crippen molar-refractivity contribution in [3.8, 4) is 23.0 Å². The molecule has 1 fully saturated rings. The van der Waals surface area contributed by atoms with E-state index in [4.69, 9.17) is 42.3 Å². The van der Waals surface area contributed by atoms with Crippen molar-refractivity contribution in [2.45, 2.75) is 57.1 Å². The Morgan fingerprint density at radius 1 is 0.760 bits per heavy atom. The van der Waals surface area contributed by atoms with Crippen LogP contribution in [0.5, 0.6) is 23.0 Å². The van der Waals surface area contributed by atoms with Crippen molar-refractivity contribution in [3.05, 3.63) is 68.1 Å². The van der Waals surface area contributed by atoms with E-state index in [1.165, 1.54) is 59.8 Å². The van der Waals surface area contributed by atoms with Gasteiger partial charge in [0.1, 0.15) is 58.2 Å². The van der Waals surface area contributed by atoms with Gasteiger partial charge in [-0.25, -0.2) is 4.79 Å². The predicted octanol–water partition coefficient (Wildman–Crippen LogP) is 3.71. The van der Waals surface area contributed by atoms with Crippen LogP contribution >= 0.6 is 0 Å². The minimum atomic E-state index is -1.12. The summed E-state index contributed by atoms with van der Waals surface area (Å²) in [6.45, 7) is 3.47. The lowest BCUT2D eigenvalue weighted by atomic mass is 9.81. The first-order valence-corrected chi connectivity index (χ1v) is 15.8. The molecule has 6 unspecified atom stereocenters. The number of esters is 1. The fourth-order valence-corrected chi connectivity index (χ4v) is 7.34. The summed E-state index contributed by atoms with van der Waals surface area (Å²) in [7, 11) is 7.19. The Balaban J connectivity index is 1.49. The number of carbonyl (C=O) groups excluding carboxylic acids is 3. The lowest BCUT2D eigenvalue weighted by Crippen LogP contribution is -2.60. The minimum absolute atomic E-state index is 0.0788. The first kappa shape index (κ1) is 33.5. The van der Waals surface area contributed by atoms with Gasteiger partial charge in [-0.1, -0.05) is 0 Å². The largest absolute Gasteiger partial charge is 0.506 e. The van der Waals surface area contributed by atoms with Crippen LogP contribution in [0.3, 0.4) is 0 Å². The van der Waals surface area contributed by atoms with Crippen molar-refractivity contribution >= 4 is 39.3 Å². The van der Waals surface area contributed by atoms with E-state index in [9.17, 15) is 24.3 Å². The highest BCUT2D eigenvalue weighted by molar-refractivity contribution is 6.33. The van der Waals surface area contributed by atoms with Gasteiger partial charge in [0.2, 0.25) is 23.3 Å². The van der Waals surface area contributed by atoms with Crippen molar-refractivity contribution in [2.24, 2.45) is 0 Å². The molecule has 14 nitrogen and oxygen atoms in total. The van der Waals surface area contributed by atoms with Crippen LogP contribution in [0.4, 0.5) is 0 Å². The summed E-state index contributed by atoms with van der Waals surface area (Å²) in [5.41, 5.74) is -1.93. The number of ether oxygens (including phenoxy) is 8. The first-order chi connectivity index (χ1) is 24.0. The lowest BCUT2D eigenvalue weighted by molar-refractivity contribution is -0.282. The SMILES string of the molecule is COc1ccc(OC)c2c(=O)c3c(oc12)C(=O)c1ccc2c(OC4OC(C)C(OC)C(OC)C4OC)c4c(c(O)c2c1C3=O)C(=O)OC(C)C4. The van der Waals surface area contributed by atoms with Crippen molar-refractivity contribution in [1.29, 1.82) is 0 Å². The molecule has 4 aromatic rings. The third-order valence-corrected chi connectivity index (χ3v) is 9.59. The predicted molar refractivity (Wildman–Crippen MR) is 174 cm³/mol. The van der Waals surface area contributed by atoms with Gasteiger partial charge in [0, 0.05) is 55.2 Å². The number of phenols is 1. The zero-order valence-corrected chi connectivity index (χ0v) is 28.2. The average Bonchev–Trinajstić information content (AvgIpc) is 3.10. The van der Waals surface area contributed by atoms with E-state index in [0.29, 0.717) is 5.56 Å². The van der Waals surface area contributed by atoms with Gasteiger partial charge in [-0.05, 0) is 38.1 Å². The molecule has 0 saturated carbocycles. The summed E-state index contributed by atoms with van der Waals surface area (Å²) in [6, 6.07) is 5.85. The van der Waals surface area contributed by atoms with E-state index in [1.807, 2.05) is 0 Å². The number of aromatic hydroxyl groups is 1. The van der Waals surface area contributed by atoms with Crippen LogP contribution in [0.2, 0.25) is 0 Å². The molecule has 1 aromatic heterocycles. The van der Waals surface area contributed by atoms with Crippen LogP contribution in [0.15, 0.2) is 33.5 Å². The highest BCUT2D eigenvalue weighted by atomic mass is 16.7. The molecule has 6 atom stereocenters. The molecule has 3 heterocycles. The molecular weight excluding hydrogens is 656 g/mol. The van der Waals surface area contributed by atoms with Crippen LogP contribution in [0.1, 0.15) is 61.8 Å². The molecule has 14 heteroatoms. The molecule has 1 aliphatic carbocycles. The smallest absolute Gasteiger partial charge is 0.342 e. The maximum atomic E-state index is 14.5. The second kappa shape index (κ2) is 12.4. The summed E-state index contributed by atoms with van der Waals surface area (Å²) >= 11 is 0. The van der Waals surface area contributed by atoms with E-state index in [2.05, 4.69) is 0 Å². The van der Waals surface area contributed by atoms with Gasteiger partial charge >= 0.3 is 5.97 Å². The molecule has 0 amide bonds. The van der Waals surface area contributed by atoms with Gasteiger partial charge in [0.05, 0.1) is 20.3 Å². The Kier molecular flexibility index (Phi) is 8.29. The van der Waals surface area contributed by atoms with Gasteiger partial charge in [-0.2, -0.15) is 0 Å². The molecule has 50 heavy (non-hydrogen) atoms. The Hall–Kier alpha value is -5.02. The van der Waals surface area contributed by atoms with Gasteiger partial charge < -0.3 is 47.4 Å². The molecule has 0 spiro atoms. The third-order valence-electron chi connectivity index (χ3n) is 9.59. The molecule has 3 aromatic carbocycles. The van der Waals surface area contributed by atoms with Crippen LogP contribution in [-0.2, 0) is 30.1 Å². The zero-order chi connectivity index (χ0) is 35.8. The van der Waals surface area contributed by atoms with Crippen LogP contribution in [-0.4, -0.2) is 95.0 Å². The van der Waals surface area contributed by atoms with E-state index in [-0.39, 0.29) is 62.1 Å². The first-order valence-electron chi connectivity index (χ1n) is 15.8. The molecule has 0 radical (unpaired) electrons. The maximum Gasteiger partial charge on any atom is 0.342 e. The number of fused-ring (bicyclic) bond motifs is 6. The fourth-order valence-electron chi connectivity index (χ4n) is 7.34. The highest BCUT2D eigenvalue weighted by Crippen LogP contribution is 2.48. The minimum Gasteiger partial charge on any atom is -0.506 e. The maximum absolute atomic E-state index is 14.5. The Morgan fingerprint density at radius 3 is 2.10 bits per heavy atom. The molecule has 1 N–H and O–H groups in total. The van der Waals surface area contributed by atoms with Gasteiger partial charge in [0.15, 0.2) is 17.1 Å². The van der Waals surface area contributed by atoms with Gasteiger partial charge in [0.25, 0.3) is 0 Å². The standard InChI is InChI=1S/C36H34O14/c1-13-12-17-22(35(41)47-13)26(38)21-16(30(17)50-36-34(46-7)33(45-6)29(44-5)14(2)48-36)9-8-15-20(21)27(39)24-28(40)23-18(42-3)10-11-19(43-4)31(23)49-32(24)25(15)37/h8-11,13-14,29,33-34,36,38H,12H2,1-7H3. The number of phenolic OH excluding ortho intramolecular Hbond substituents is 1. The van der Waals surface area contributed by atoms with Gasteiger partial charge in [-0.3, -0.25) is 14.4 Å². The average molecular weight is 691 g/mol. The number of rotatable bonds is 7. The summed E-state index contributed by atoms with van der Waals surface area (Å²) in [5.74, 6) is -3.37.